The van der Waals surface area contributed by atoms with Gasteiger partial charge in [-0.3, -0.25) is 9.97 Å². The molecule has 5 nitrogen and oxygen atoms in total. The van der Waals surface area contributed by atoms with Crippen molar-refractivity contribution in [2.45, 2.75) is 0 Å². The Hall–Kier alpha value is -2.73. The molecule has 0 bridgehead atoms. The van der Waals surface area contributed by atoms with Crippen LogP contribution in [0.4, 0.5) is 4.79 Å². The zero-order valence-corrected chi connectivity index (χ0v) is 11.7. The molecule has 0 aliphatic carbocycles. The zero-order valence-electron chi connectivity index (χ0n) is 10.9. The molecule has 0 atom stereocenters. The minimum Gasteiger partial charge on any atom is -0.409 e. The molecular formula is C15H11N3O2S. The summed E-state index contributed by atoms with van der Waals surface area (Å²) in [7, 11) is 0. The van der Waals surface area contributed by atoms with Gasteiger partial charge in [-0.25, -0.2) is 4.79 Å². The van der Waals surface area contributed by atoms with Gasteiger partial charge in [-0.15, -0.1) is 11.3 Å². The largest absolute Gasteiger partial charge is 0.410 e. The molecule has 0 aliphatic rings. The number of ether oxygens (including phenoxy) is 1. The predicted molar refractivity (Wildman–Crippen MR) is 81.0 cm³/mol. The number of hydrogen-bond donors (Lipinski definition) is 1. The van der Waals surface area contributed by atoms with Crippen molar-refractivity contribution in [1.82, 2.24) is 9.97 Å². The van der Waals surface area contributed by atoms with Crippen LogP contribution in [-0.4, -0.2) is 16.1 Å². The number of carbonyl (C=O) groups is 1. The van der Waals surface area contributed by atoms with Crippen molar-refractivity contribution < 1.29 is 9.53 Å². The lowest BCUT2D eigenvalue weighted by Gasteiger charge is -2.02. The van der Waals surface area contributed by atoms with Crippen LogP contribution in [0.15, 0.2) is 55.1 Å². The van der Waals surface area contributed by atoms with Crippen LogP contribution >= 0.6 is 11.3 Å². The normalized spacial score (nSPS) is 10.3. The van der Waals surface area contributed by atoms with Gasteiger partial charge in [0.2, 0.25) is 0 Å². The molecule has 0 aromatic carbocycles. The van der Waals surface area contributed by atoms with Crippen molar-refractivity contribution in [2.75, 3.05) is 0 Å². The van der Waals surface area contributed by atoms with E-state index in [4.69, 9.17) is 10.5 Å². The Bertz CT molecular complexity index is 757. The highest BCUT2D eigenvalue weighted by atomic mass is 32.1. The van der Waals surface area contributed by atoms with Crippen LogP contribution in [0, 0.1) is 0 Å². The topological polar surface area (TPSA) is 78.1 Å². The molecule has 6 heteroatoms. The number of rotatable bonds is 3. The van der Waals surface area contributed by atoms with E-state index in [0.29, 0.717) is 5.75 Å². The number of amides is 1. The Morgan fingerprint density at radius 3 is 2.14 bits per heavy atom. The average molecular weight is 297 g/mol. The van der Waals surface area contributed by atoms with Gasteiger partial charge in [0.1, 0.15) is 0 Å². The van der Waals surface area contributed by atoms with Crippen LogP contribution in [0.5, 0.6) is 5.75 Å². The van der Waals surface area contributed by atoms with Crippen LogP contribution in [0.25, 0.3) is 20.9 Å². The van der Waals surface area contributed by atoms with Gasteiger partial charge in [0.05, 0.1) is 4.88 Å². The van der Waals surface area contributed by atoms with E-state index in [1.165, 1.54) is 11.3 Å². The Balaban J connectivity index is 2.10. The van der Waals surface area contributed by atoms with Crippen LogP contribution < -0.4 is 10.5 Å². The van der Waals surface area contributed by atoms with Gasteiger partial charge in [-0.1, -0.05) is 0 Å². The molecule has 0 aliphatic heterocycles. The summed E-state index contributed by atoms with van der Waals surface area (Å²) >= 11 is 1.52. The molecule has 0 fully saturated rings. The van der Waals surface area contributed by atoms with Crippen LogP contribution in [0.3, 0.4) is 0 Å². The maximum absolute atomic E-state index is 11.1. The number of nitrogens with two attached hydrogens (primary N) is 1. The highest BCUT2D eigenvalue weighted by Crippen LogP contribution is 2.42. The second-order valence-electron chi connectivity index (χ2n) is 4.20. The first-order valence-corrected chi connectivity index (χ1v) is 6.97. The number of nitrogens with zero attached hydrogens (tertiary/aromatic N) is 2. The van der Waals surface area contributed by atoms with Crippen molar-refractivity contribution in [3.8, 4) is 26.6 Å². The number of primary amides is 1. The van der Waals surface area contributed by atoms with Gasteiger partial charge in [-0.05, 0) is 35.4 Å². The fraction of sp³-hybridized carbons (Fsp3) is 0. The molecule has 3 rings (SSSR count). The van der Waals surface area contributed by atoms with Crippen molar-refractivity contribution in [2.24, 2.45) is 5.73 Å². The van der Waals surface area contributed by atoms with Gasteiger partial charge < -0.3 is 10.5 Å². The van der Waals surface area contributed by atoms with Gasteiger partial charge in [-0.2, -0.15) is 0 Å². The lowest BCUT2D eigenvalue weighted by molar-refractivity contribution is 0.211. The van der Waals surface area contributed by atoms with Crippen LogP contribution in [-0.2, 0) is 0 Å². The summed E-state index contributed by atoms with van der Waals surface area (Å²) in [5.74, 6) is 0.450. The van der Waals surface area contributed by atoms with Gasteiger partial charge in [0, 0.05) is 35.7 Å². The predicted octanol–water partition coefficient (Wildman–Crippen LogP) is 3.33. The number of thiophene rings is 1. The fourth-order valence-corrected chi connectivity index (χ4v) is 3.02. The molecule has 2 N–H and O–H groups in total. The summed E-state index contributed by atoms with van der Waals surface area (Å²) in [6.45, 7) is 0. The van der Waals surface area contributed by atoms with Crippen LogP contribution in [0.1, 0.15) is 0 Å². The molecule has 0 saturated carbocycles. The summed E-state index contributed by atoms with van der Waals surface area (Å²) in [5, 5.41) is 0. The summed E-state index contributed by atoms with van der Waals surface area (Å²) in [5.41, 5.74) is 7.07. The highest BCUT2D eigenvalue weighted by Gasteiger charge is 2.15. The third-order valence-corrected chi connectivity index (χ3v) is 4.03. The van der Waals surface area contributed by atoms with E-state index in [1.807, 2.05) is 24.3 Å². The van der Waals surface area contributed by atoms with E-state index in [1.54, 1.807) is 30.9 Å². The minimum absolute atomic E-state index is 0.450. The van der Waals surface area contributed by atoms with Crippen LogP contribution in [0.2, 0.25) is 0 Å². The smallest absolute Gasteiger partial charge is 0.409 e. The Kier molecular flexibility index (Phi) is 3.61. The summed E-state index contributed by atoms with van der Waals surface area (Å²) in [6, 6.07) is 9.32. The third-order valence-electron chi connectivity index (χ3n) is 2.82. The quantitative estimate of drug-likeness (QED) is 0.804. The number of hydrogen-bond acceptors (Lipinski definition) is 5. The molecule has 0 unspecified atom stereocenters. The summed E-state index contributed by atoms with van der Waals surface area (Å²) in [6.07, 6.45) is 5.99. The average Bonchev–Trinajstić information content (AvgIpc) is 2.92. The molecule has 3 heterocycles. The van der Waals surface area contributed by atoms with Gasteiger partial charge >= 0.3 is 6.09 Å². The highest BCUT2D eigenvalue weighted by molar-refractivity contribution is 7.19. The van der Waals surface area contributed by atoms with Crippen molar-refractivity contribution >= 4 is 17.4 Å². The van der Waals surface area contributed by atoms with E-state index in [9.17, 15) is 4.79 Å². The zero-order chi connectivity index (χ0) is 14.7. The Morgan fingerprint density at radius 1 is 1.00 bits per heavy atom. The molecule has 3 aromatic heterocycles. The summed E-state index contributed by atoms with van der Waals surface area (Å²) < 4.78 is 5.12. The third kappa shape index (κ3) is 2.90. The van der Waals surface area contributed by atoms with E-state index in [-0.39, 0.29) is 0 Å². The Morgan fingerprint density at radius 2 is 1.57 bits per heavy atom. The van der Waals surface area contributed by atoms with E-state index < -0.39 is 6.09 Å². The van der Waals surface area contributed by atoms with E-state index in [2.05, 4.69) is 9.97 Å². The Labute approximate surface area is 125 Å². The first-order valence-electron chi connectivity index (χ1n) is 6.16. The number of aromatic nitrogens is 2. The summed E-state index contributed by atoms with van der Waals surface area (Å²) in [4.78, 5) is 20.9. The second-order valence-corrected chi connectivity index (χ2v) is 5.25. The van der Waals surface area contributed by atoms with Gasteiger partial charge in [0.15, 0.2) is 5.75 Å². The molecule has 1 amide bonds. The lowest BCUT2D eigenvalue weighted by Crippen LogP contribution is -2.16. The lowest BCUT2D eigenvalue weighted by atomic mass is 10.2. The molecule has 3 aromatic rings. The molecule has 104 valence electrons. The molecule has 0 radical (unpaired) electrons. The molecule has 21 heavy (non-hydrogen) atoms. The minimum atomic E-state index is -0.829. The molecular weight excluding hydrogens is 286 g/mol. The molecule has 0 saturated heterocycles. The van der Waals surface area contributed by atoms with E-state index >= 15 is 0 Å². The van der Waals surface area contributed by atoms with Gasteiger partial charge in [0.25, 0.3) is 0 Å². The van der Waals surface area contributed by atoms with Crippen molar-refractivity contribution in [3.05, 3.63) is 55.1 Å². The monoisotopic (exact) mass is 297 g/mol. The first kappa shape index (κ1) is 13.3. The fourth-order valence-electron chi connectivity index (χ4n) is 1.92. The van der Waals surface area contributed by atoms with Crippen molar-refractivity contribution in [1.29, 1.82) is 0 Å². The SMILES string of the molecule is NC(=O)Oc1cc(-c2ccncc2)sc1-c1ccncc1. The second kappa shape index (κ2) is 5.72. The standard InChI is InChI=1S/C15H11N3O2S/c16-15(19)20-12-9-13(10-1-5-17-6-2-10)21-14(12)11-3-7-18-8-4-11/h1-9H,(H2,16,19). The number of pyridine rings is 2. The number of carbonyl (C=O) groups excluding carboxylic acids is 1. The maximum atomic E-state index is 11.1. The molecule has 0 spiro atoms. The van der Waals surface area contributed by atoms with Crippen molar-refractivity contribution in [3.63, 3.8) is 0 Å². The maximum Gasteiger partial charge on any atom is 0.410 e. The van der Waals surface area contributed by atoms with E-state index in [0.717, 1.165) is 20.9 Å². The first-order chi connectivity index (χ1) is 10.2.